The molecule has 0 aromatic rings. The number of unbranched alkanes of at least 4 members (excludes halogenated alkanes) is 21. The van der Waals surface area contributed by atoms with Gasteiger partial charge in [0.1, 0.15) is 0 Å². The molecule has 0 aliphatic carbocycles. The molecule has 0 spiro atoms. The van der Waals surface area contributed by atoms with Crippen LogP contribution in [0.2, 0.25) is 0 Å². The van der Waals surface area contributed by atoms with Gasteiger partial charge in [0.2, 0.25) is 5.91 Å². The highest BCUT2D eigenvalue weighted by atomic mass is 32.2. The van der Waals surface area contributed by atoms with E-state index in [0.29, 0.717) is 12.8 Å². The van der Waals surface area contributed by atoms with Crippen molar-refractivity contribution in [3.8, 4) is 0 Å². The molecule has 0 aromatic heterocycles. The van der Waals surface area contributed by atoms with E-state index in [1.54, 1.807) is 6.08 Å². The van der Waals surface area contributed by atoms with Crippen LogP contribution in [-0.4, -0.2) is 41.9 Å². The van der Waals surface area contributed by atoms with E-state index in [2.05, 4.69) is 67.8 Å². The van der Waals surface area contributed by atoms with Crippen LogP contribution in [0.1, 0.15) is 194 Å². The summed E-state index contributed by atoms with van der Waals surface area (Å²) in [4.78, 5) is 12.5. The van der Waals surface area contributed by atoms with Crippen LogP contribution < -0.4 is 5.32 Å². The van der Waals surface area contributed by atoms with Crippen molar-refractivity contribution in [1.82, 2.24) is 5.32 Å². The molecule has 0 radical (unpaired) electrons. The van der Waals surface area contributed by atoms with Gasteiger partial charge in [-0.1, -0.05) is 177 Å². The third kappa shape index (κ3) is 39.1. The maximum absolute atomic E-state index is 12.5. The molecule has 7 heteroatoms. The van der Waals surface area contributed by atoms with Crippen LogP contribution in [0.25, 0.3) is 0 Å². The second-order valence-electron chi connectivity index (χ2n) is 14.3. The van der Waals surface area contributed by atoms with Crippen LogP contribution in [0.5, 0.6) is 0 Å². The van der Waals surface area contributed by atoms with Crippen LogP contribution in [0.3, 0.4) is 0 Å². The van der Waals surface area contributed by atoms with E-state index >= 15 is 0 Å². The van der Waals surface area contributed by atoms with E-state index in [0.717, 1.165) is 51.4 Å². The van der Waals surface area contributed by atoms with Gasteiger partial charge in [-0.25, -0.2) is 0 Å². The minimum atomic E-state index is -4.36. The van der Waals surface area contributed by atoms with E-state index in [1.165, 1.54) is 115 Å². The molecule has 6 nitrogen and oxygen atoms in total. The summed E-state index contributed by atoms with van der Waals surface area (Å²) in [7, 11) is -4.36. The van der Waals surface area contributed by atoms with Gasteiger partial charge in [-0.2, -0.15) is 8.42 Å². The van der Waals surface area contributed by atoms with Crippen molar-refractivity contribution in [2.45, 2.75) is 206 Å². The molecule has 2 atom stereocenters. The number of hydrogen-bond donors (Lipinski definition) is 3. The standard InChI is InChI=1S/C44H79NO5S/c1-3-5-7-9-11-13-15-17-19-20-21-22-23-24-26-28-30-32-34-36-38-40-44(47)45-42(41-51(48,49)50)43(46)39-37-35-33-31-29-27-25-18-16-14-12-10-8-6-4-2/h15,17,20-21,23-24,29,31,37,39,42-43,46H,3-14,16,18-19,22,25-28,30,32-36,38,40-41H2,1-2H3,(H,45,47)(H,48,49,50)/b17-15-,21-20-,24-23-,31-29+,39-37+. The maximum atomic E-state index is 12.5. The first-order valence-corrected chi connectivity index (χ1v) is 22.6. The van der Waals surface area contributed by atoms with E-state index < -0.39 is 28.0 Å². The van der Waals surface area contributed by atoms with Crippen LogP contribution in [0.4, 0.5) is 0 Å². The first-order valence-electron chi connectivity index (χ1n) is 21.0. The van der Waals surface area contributed by atoms with Gasteiger partial charge >= 0.3 is 0 Å². The summed E-state index contributed by atoms with van der Waals surface area (Å²) in [6.07, 6.45) is 52.0. The van der Waals surface area contributed by atoms with Gasteiger partial charge in [-0.05, 0) is 70.6 Å². The third-order valence-electron chi connectivity index (χ3n) is 9.17. The lowest BCUT2D eigenvalue weighted by Gasteiger charge is -2.21. The second kappa shape index (κ2) is 37.8. The molecule has 2 unspecified atom stereocenters. The van der Waals surface area contributed by atoms with Gasteiger partial charge in [0.15, 0.2) is 0 Å². The lowest BCUT2D eigenvalue weighted by Crippen LogP contribution is -2.46. The number of rotatable bonds is 37. The van der Waals surface area contributed by atoms with Crippen molar-refractivity contribution in [1.29, 1.82) is 0 Å². The van der Waals surface area contributed by atoms with Gasteiger partial charge in [0.05, 0.1) is 17.9 Å². The summed E-state index contributed by atoms with van der Waals surface area (Å²) in [5.74, 6) is -1.02. The van der Waals surface area contributed by atoms with Crippen molar-refractivity contribution in [2.24, 2.45) is 0 Å². The number of hydrogen-bond acceptors (Lipinski definition) is 4. The smallest absolute Gasteiger partial charge is 0.267 e. The Labute approximate surface area is 315 Å². The number of allylic oxidation sites excluding steroid dienone is 9. The van der Waals surface area contributed by atoms with Gasteiger partial charge in [0.25, 0.3) is 10.1 Å². The number of nitrogens with one attached hydrogen (secondary N) is 1. The lowest BCUT2D eigenvalue weighted by atomic mass is 10.1. The number of carbonyl (C=O) groups is 1. The summed E-state index contributed by atoms with van der Waals surface area (Å²) in [6, 6.07) is -1.08. The third-order valence-corrected chi connectivity index (χ3v) is 9.95. The summed E-state index contributed by atoms with van der Waals surface area (Å²) >= 11 is 0. The quantitative estimate of drug-likeness (QED) is 0.0335. The number of aliphatic hydroxyl groups excluding tert-OH is 1. The molecule has 0 aliphatic rings. The zero-order valence-corrected chi connectivity index (χ0v) is 33.8. The normalized spacial score (nSPS) is 13.9. The fourth-order valence-corrected chi connectivity index (χ4v) is 6.73. The van der Waals surface area contributed by atoms with Gasteiger partial charge in [0, 0.05) is 6.42 Å². The summed E-state index contributed by atoms with van der Waals surface area (Å²) in [5, 5.41) is 13.2. The van der Waals surface area contributed by atoms with Crippen LogP contribution >= 0.6 is 0 Å². The zero-order chi connectivity index (χ0) is 37.5. The molecular formula is C44H79NO5S. The highest BCUT2D eigenvalue weighted by Crippen LogP contribution is 2.12. The topological polar surface area (TPSA) is 104 Å². The molecule has 0 rings (SSSR count). The molecule has 0 fully saturated rings. The van der Waals surface area contributed by atoms with Crippen LogP contribution in [0, 0.1) is 0 Å². The lowest BCUT2D eigenvalue weighted by molar-refractivity contribution is -0.122. The SMILES string of the molecule is CCCCCCC/C=C\C/C=C\C/C=C\CCCCCCCCC(=O)NC(CS(=O)(=O)O)C(O)/C=C/CC/C=C/CCCCCCCCCCC. The largest absolute Gasteiger partial charge is 0.387 e. The predicted octanol–water partition coefficient (Wildman–Crippen LogP) is 12.5. The van der Waals surface area contributed by atoms with Gasteiger partial charge < -0.3 is 10.4 Å². The molecule has 51 heavy (non-hydrogen) atoms. The molecule has 0 heterocycles. The first kappa shape index (κ1) is 49.0. The average molecular weight is 734 g/mol. The minimum Gasteiger partial charge on any atom is -0.387 e. The van der Waals surface area contributed by atoms with E-state index in [4.69, 9.17) is 0 Å². The molecule has 0 saturated carbocycles. The summed E-state index contributed by atoms with van der Waals surface area (Å²) in [5.41, 5.74) is 0. The number of amides is 1. The Balaban J connectivity index is 3.99. The molecule has 1 amide bonds. The Hall–Kier alpha value is -1.96. The van der Waals surface area contributed by atoms with Crippen molar-refractivity contribution < 1.29 is 22.9 Å². The Bertz CT molecular complexity index is 1030. The van der Waals surface area contributed by atoms with Gasteiger partial charge in [-0.3, -0.25) is 9.35 Å². The summed E-state index contributed by atoms with van der Waals surface area (Å²) < 4.78 is 32.5. The highest BCUT2D eigenvalue weighted by Gasteiger charge is 2.24. The zero-order valence-electron chi connectivity index (χ0n) is 33.0. The monoisotopic (exact) mass is 734 g/mol. The van der Waals surface area contributed by atoms with Crippen LogP contribution in [-0.2, 0) is 14.9 Å². The van der Waals surface area contributed by atoms with Crippen molar-refractivity contribution >= 4 is 16.0 Å². The fraction of sp³-hybridized carbons (Fsp3) is 0.750. The Kier molecular flexibility index (Phi) is 36.3. The van der Waals surface area contributed by atoms with Crippen molar-refractivity contribution in [2.75, 3.05) is 5.75 Å². The molecule has 3 N–H and O–H groups in total. The Morgan fingerprint density at radius 1 is 0.529 bits per heavy atom. The molecule has 0 bridgehead atoms. The first-order chi connectivity index (χ1) is 24.8. The molecule has 0 aliphatic heterocycles. The molecule has 296 valence electrons. The second-order valence-corrected chi connectivity index (χ2v) is 15.8. The summed E-state index contributed by atoms with van der Waals surface area (Å²) in [6.45, 7) is 4.50. The number of carbonyl (C=O) groups excluding carboxylic acids is 1. The minimum absolute atomic E-state index is 0.271. The Morgan fingerprint density at radius 2 is 0.902 bits per heavy atom. The molecule has 0 aromatic carbocycles. The Morgan fingerprint density at radius 3 is 1.37 bits per heavy atom. The molecular weight excluding hydrogens is 655 g/mol. The average Bonchev–Trinajstić information content (AvgIpc) is 3.09. The van der Waals surface area contributed by atoms with Crippen molar-refractivity contribution in [3.63, 3.8) is 0 Å². The fourth-order valence-electron chi connectivity index (χ4n) is 6.00. The van der Waals surface area contributed by atoms with E-state index in [1.807, 2.05) is 0 Å². The predicted molar refractivity (Wildman–Crippen MR) is 221 cm³/mol. The molecule has 0 saturated heterocycles. The van der Waals surface area contributed by atoms with E-state index in [9.17, 15) is 22.9 Å². The highest BCUT2D eigenvalue weighted by molar-refractivity contribution is 7.85. The van der Waals surface area contributed by atoms with E-state index in [-0.39, 0.29) is 12.3 Å². The van der Waals surface area contributed by atoms with Crippen LogP contribution in [0.15, 0.2) is 60.8 Å². The van der Waals surface area contributed by atoms with Gasteiger partial charge in [-0.15, -0.1) is 0 Å². The number of aliphatic hydroxyl groups is 1. The maximum Gasteiger partial charge on any atom is 0.267 e. The van der Waals surface area contributed by atoms with Crippen molar-refractivity contribution in [3.05, 3.63) is 60.8 Å².